The molecule has 0 radical (unpaired) electrons. The Hall–Kier alpha value is -2.13. The predicted molar refractivity (Wildman–Crippen MR) is 84.3 cm³/mol. The molecular weight excluding hydrogens is 262 g/mol. The first kappa shape index (κ1) is 15.3. The molecule has 0 saturated heterocycles. The van der Waals surface area contributed by atoms with Gasteiger partial charge in [0.05, 0.1) is 0 Å². The molecule has 0 bridgehead atoms. The number of rotatable bonds is 5. The molecule has 0 aliphatic heterocycles. The van der Waals surface area contributed by atoms with E-state index in [-0.39, 0.29) is 0 Å². The van der Waals surface area contributed by atoms with E-state index < -0.39 is 12.0 Å². The molecule has 21 heavy (non-hydrogen) atoms. The highest BCUT2D eigenvalue weighted by atomic mass is 16.4. The number of hydrogen-bond donors (Lipinski definition) is 2. The Morgan fingerprint density at radius 1 is 1.05 bits per heavy atom. The lowest BCUT2D eigenvalue weighted by Gasteiger charge is -2.17. The maximum atomic E-state index is 11.5. The summed E-state index contributed by atoms with van der Waals surface area (Å²) in [5.41, 5.74) is 5.58. The zero-order valence-electron chi connectivity index (χ0n) is 12.7. The summed E-state index contributed by atoms with van der Waals surface area (Å²) in [6.07, 6.45) is 0. The van der Waals surface area contributed by atoms with Crippen molar-refractivity contribution in [1.82, 2.24) is 5.32 Å². The van der Waals surface area contributed by atoms with Crippen molar-refractivity contribution >= 4 is 5.97 Å². The Kier molecular flexibility index (Phi) is 4.76. The van der Waals surface area contributed by atoms with Crippen molar-refractivity contribution < 1.29 is 9.90 Å². The molecule has 2 rings (SSSR count). The zero-order valence-corrected chi connectivity index (χ0v) is 12.7. The van der Waals surface area contributed by atoms with Crippen molar-refractivity contribution in [3.8, 4) is 0 Å². The van der Waals surface area contributed by atoms with Gasteiger partial charge in [0.2, 0.25) is 0 Å². The Morgan fingerprint density at radius 2 is 1.67 bits per heavy atom. The average molecular weight is 283 g/mol. The average Bonchev–Trinajstić information content (AvgIpc) is 2.45. The molecule has 0 aliphatic rings. The molecule has 2 N–H and O–H groups in total. The molecule has 2 aromatic rings. The van der Waals surface area contributed by atoms with Crippen molar-refractivity contribution in [2.24, 2.45) is 0 Å². The fourth-order valence-electron chi connectivity index (χ4n) is 2.42. The van der Waals surface area contributed by atoms with Gasteiger partial charge in [0.1, 0.15) is 6.04 Å². The van der Waals surface area contributed by atoms with Gasteiger partial charge in [0, 0.05) is 6.54 Å². The Labute approximate surface area is 125 Å². The van der Waals surface area contributed by atoms with E-state index in [2.05, 4.69) is 38.2 Å². The fraction of sp³-hybridized carbons (Fsp3) is 0.278. The van der Waals surface area contributed by atoms with Crippen molar-refractivity contribution in [3.63, 3.8) is 0 Å². The summed E-state index contributed by atoms with van der Waals surface area (Å²) in [6.45, 7) is 6.76. The Balaban J connectivity index is 2.17. The van der Waals surface area contributed by atoms with E-state index >= 15 is 0 Å². The van der Waals surface area contributed by atoms with Gasteiger partial charge in [-0.25, -0.2) is 0 Å². The van der Waals surface area contributed by atoms with Crippen LogP contribution >= 0.6 is 0 Å². The Morgan fingerprint density at radius 3 is 2.29 bits per heavy atom. The number of aliphatic carboxylic acids is 1. The van der Waals surface area contributed by atoms with Crippen LogP contribution in [-0.2, 0) is 11.3 Å². The molecular formula is C18H21NO2. The van der Waals surface area contributed by atoms with Gasteiger partial charge >= 0.3 is 5.97 Å². The molecule has 0 amide bonds. The number of benzene rings is 2. The van der Waals surface area contributed by atoms with Crippen LogP contribution in [0.3, 0.4) is 0 Å². The van der Waals surface area contributed by atoms with E-state index in [0.29, 0.717) is 6.54 Å². The third kappa shape index (κ3) is 3.70. The minimum Gasteiger partial charge on any atom is -0.480 e. The van der Waals surface area contributed by atoms with Gasteiger partial charge in [-0.1, -0.05) is 42.5 Å². The second-order valence-electron chi connectivity index (χ2n) is 5.43. The standard InChI is InChI=1S/C18H21NO2/c1-12-9-14(3)16(10-13(12)2)11-19-17(18(20)21)15-7-5-4-6-8-15/h4-10,17,19H,11H2,1-3H3,(H,20,21). The summed E-state index contributed by atoms with van der Waals surface area (Å²) in [6, 6.07) is 12.8. The van der Waals surface area contributed by atoms with Crippen LogP contribution in [0.15, 0.2) is 42.5 Å². The molecule has 0 aromatic heterocycles. The van der Waals surface area contributed by atoms with Crippen LogP contribution in [0.5, 0.6) is 0 Å². The summed E-state index contributed by atoms with van der Waals surface area (Å²) < 4.78 is 0. The van der Waals surface area contributed by atoms with E-state index in [4.69, 9.17) is 0 Å². The van der Waals surface area contributed by atoms with Gasteiger partial charge in [-0.15, -0.1) is 0 Å². The van der Waals surface area contributed by atoms with Crippen LogP contribution in [0.1, 0.15) is 33.9 Å². The molecule has 0 spiro atoms. The van der Waals surface area contributed by atoms with Gasteiger partial charge in [0.25, 0.3) is 0 Å². The SMILES string of the molecule is Cc1cc(C)c(CNC(C(=O)O)c2ccccc2)cc1C. The summed E-state index contributed by atoms with van der Waals surface area (Å²) >= 11 is 0. The lowest BCUT2D eigenvalue weighted by molar-refractivity contribution is -0.139. The first-order valence-corrected chi connectivity index (χ1v) is 7.07. The molecule has 0 fully saturated rings. The van der Waals surface area contributed by atoms with Gasteiger partial charge < -0.3 is 5.11 Å². The van der Waals surface area contributed by atoms with E-state index in [1.54, 1.807) is 0 Å². The zero-order chi connectivity index (χ0) is 15.4. The van der Waals surface area contributed by atoms with Crippen molar-refractivity contribution in [2.75, 3.05) is 0 Å². The molecule has 1 atom stereocenters. The molecule has 0 saturated carbocycles. The topological polar surface area (TPSA) is 49.3 Å². The van der Waals surface area contributed by atoms with E-state index in [1.165, 1.54) is 16.7 Å². The number of carboxylic acid groups (broad SMARTS) is 1. The summed E-state index contributed by atoms with van der Waals surface area (Å²) in [7, 11) is 0. The third-order valence-corrected chi connectivity index (χ3v) is 3.83. The third-order valence-electron chi connectivity index (χ3n) is 3.83. The quantitative estimate of drug-likeness (QED) is 0.882. The number of aryl methyl sites for hydroxylation is 3. The van der Waals surface area contributed by atoms with Crippen LogP contribution in [0.2, 0.25) is 0 Å². The monoisotopic (exact) mass is 283 g/mol. The molecule has 2 aromatic carbocycles. The highest BCUT2D eigenvalue weighted by Crippen LogP contribution is 2.18. The lowest BCUT2D eigenvalue weighted by atomic mass is 10.00. The summed E-state index contributed by atoms with van der Waals surface area (Å²) in [5.74, 6) is -0.859. The normalized spacial score (nSPS) is 12.1. The summed E-state index contributed by atoms with van der Waals surface area (Å²) in [5, 5.41) is 12.5. The maximum absolute atomic E-state index is 11.5. The molecule has 1 unspecified atom stereocenters. The predicted octanol–water partition coefficient (Wildman–Crippen LogP) is 3.53. The molecule has 3 heteroatoms. The molecule has 110 valence electrons. The van der Waals surface area contributed by atoms with Crippen molar-refractivity contribution in [3.05, 3.63) is 70.3 Å². The van der Waals surface area contributed by atoms with Crippen LogP contribution in [0.4, 0.5) is 0 Å². The van der Waals surface area contributed by atoms with Crippen LogP contribution in [0.25, 0.3) is 0 Å². The lowest BCUT2D eigenvalue weighted by Crippen LogP contribution is -2.28. The molecule has 0 aliphatic carbocycles. The Bertz CT molecular complexity index is 635. The number of nitrogens with one attached hydrogen (secondary N) is 1. The van der Waals surface area contributed by atoms with Gasteiger partial charge in [-0.05, 0) is 48.6 Å². The van der Waals surface area contributed by atoms with Gasteiger partial charge in [-0.2, -0.15) is 0 Å². The minimum absolute atomic E-state index is 0.540. The van der Waals surface area contributed by atoms with Crippen molar-refractivity contribution in [1.29, 1.82) is 0 Å². The molecule has 0 heterocycles. The van der Waals surface area contributed by atoms with Crippen LogP contribution < -0.4 is 5.32 Å². The number of carboxylic acids is 1. The fourth-order valence-corrected chi connectivity index (χ4v) is 2.42. The van der Waals surface area contributed by atoms with E-state index in [0.717, 1.165) is 11.1 Å². The van der Waals surface area contributed by atoms with Crippen LogP contribution in [0, 0.1) is 20.8 Å². The second-order valence-corrected chi connectivity index (χ2v) is 5.43. The number of hydrogen-bond acceptors (Lipinski definition) is 2. The minimum atomic E-state index is -0.859. The van der Waals surface area contributed by atoms with Crippen molar-refractivity contribution in [2.45, 2.75) is 33.4 Å². The highest BCUT2D eigenvalue weighted by Gasteiger charge is 2.19. The highest BCUT2D eigenvalue weighted by molar-refractivity contribution is 5.75. The van der Waals surface area contributed by atoms with Gasteiger partial charge in [-0.3, -0.25) is 10.1 Å². The number of carbonyl (C=O) groups is 1. The maximum Gasteiger partial charge on any atom is 0.325 e. The smallest absolute Gasteiger partial charge is 0.325 e. The first-order valence-electron chi connectivity index (χ1n) is 7.07. The van der Waals surface area contributed by atoms with Crippen LogP contribution in [-0.4, -0.2) is 11.1 Å². The second kappa shape index (κ2) is 6.55. The van der Waals surface area contributed by atoms with E-state index in [9.17, 15) is 9.90 Å². The van der Waals surface area contributed by atoms with E-state index in [1.807, 2.05) is 30.3 Å². The largest absolute Gasteiger partial charge is 0.480 e. The van der Waals surface area contributed by atoms with Gasteiger partial charge in [0.15, 0.2) is 0 Å². The first-order chi connectivity index (χ1) is 9.99. The molecule has 3 nitrogen and oxygen atoms in total. The summed E-state index contributed by atoms with van der Waals surface area (Å²) in [4.78, 5) is 11.5.